The van der Waals surface area contributed by atoms with Crippen molar-refractivity contribution >= 4 is 23.2 Å². The lowest BCUT2D eigenvalue weighted by Gasteiger charge is -2.16. The third kappa shape index (κ3) is 4.33. The molecule has 0 saturated heterocycles. The number of hydrogen-bond donors (Lipinski definition) is 3. The Morgan fingerprint density at radius 1 is 1.26 bits per heavy atom. The lowest BCUT2D eigenvalue weighted by Crippen LogP contribution is -2.39. The van der Waals surface area contributed by atoms with Gasteiger partial charge in [-0.2, -0.15) is 0 Å². The smallest absolute Gasteiger partial charge is 0.241 e. The van der Waals surface area contributed by atoms with E-state index in [4.69, 9.17) is 5.73 Å². The fraction of sp³-hybridized carbons (Fsp3) is 0.385. The van der Waals surface area contributed by atoms with Gasteiger partial charge in [-0.25, -0.2) is 4.39 Å². The molecule has 0 aliphatic rings. The summed E-state index contributed by atoms with van der Waals surface area (Å²) in [6.45, 7) is 4.94. The molecule has 1 rings (SSSR count). The summed E-state index contributed by atoms with van der Waals surface area (Å²) in [6.07, 6.45) is 0. The zero-order valence-corrected chi connectivity index (χ0v) is 11.2. The highest BCUT2D eigenvalue weighted by Crippen LogP contribution is 2.20. The van der Waals surface area contributed by atoms with E-state index in [1.54, 1.807) is 13.8 Å². The third-order valence-electron chi connectivity index (χ3n) is 2.57. The van der Waals surface area contributed by atoms with Crippen LogP contribution in [-0.2, 0) is 9.59 Å². The van der Waals surface area contributed by atoms with Crippen molar-refractivity contribution in [3.05, 3.63) is 24.0 Å². The van der Waals surface area contributed by atoms with Crippen molar-refractivity contribution in [2.45, 2.75) is 26.8 Å². The monoisotopic (exact) mass is 267 g/mol. The normalized spacial score (nSPS) is 12.1. The van der Waals surface area contributed by atoms with Crippen molar-refractivity contribution in [2.75, 3.05) is 10.6 Å². The van der Waals surface area contributed by atoms with Gasteiger partial charge < -0.3 is 16.4 Å². The fourth-order valence-corrected chi connectivity index (χ4v) is 1.42. The second-order valence-electron chi connectivity index (χ2n) is 4.63. The summed E-state index contributed by atoms with van der Waals surface area (Å²) < 4.78 is 13.6. The van der Waals surface area contributed by atoms with Gasteiger partial charge in [0.1, 0.15) is 5.82 Å². The van der Waals surface area contributed by atoms with Gasteiger partial charge in [0.25, 0.3) is 0 Å². The number of benzene rings is 1. The average molecular weight is 267 g/mol. The van der Waals surface area contributed by atoms with Crippen LogP contribution in [0.4, 0.5) is 15.8 Å². The van der Waals surface area contributed by atoms with Crippen molar-refractivity contribution in [1.82, 2.24) is 0 Å². The van der Waals surface area contributed by atoms with Crippen molar-refractivity contribution in [3.8, 4) is 0 Å². The number of amides is 2. The standard InChI is InChI=1S/C13H18FN3O2/c1-7(2)12(15)13(19)17-11-6-9(16-8(3)18)4-5-10(11)14/h4-7,12H,15H2,1-3H3,(H,16,18)(H,17,19)/t12-/m1/s1. The Bertz CT molecular complexity index is 489. The van der Waals surface area contributed by atoms with Gasteiger partial charge >= 0.3 is 0 Å². The number of nitrogens with two attached hydrogens (primary N) is 1. The first kappa shape index (κ1) is 15.1. The Labute approximate surface area is 111 Å². The number of anilines is 2. The Morgan fingerprint density at radius 3 is 2.42 bits per heavy atom. The molecule has 0 aliphatic heterocycles. The highest BCUT2D eigenvalue weighted by Gasteiger charge is 2.18. The number of carbonyl (C=O) groups is 2. The predicted octanol–water partition coefficient (Wildman–Crippen LogP) is 1.71. The van der Waals surface area contributed by atoms with Crippen LogP contribution in [0.5, 0.6) is 0 Å². The summed E-state index contributed by atoms with van der Waals surface area (Å²) in [5.41, 5.74) is 6.07. The predicted molar refractivity (Wildman–Crippen MR) is 72.1 cm³/mol. The Morgan fingerprint density at radius 2 is 1.89 bits per heavy atom. The molecule has 0 aromatic heterocycles. The van der Waals surface area contributed by atoms with Crippen LogP contribution < -0.4 is 16.4 Å². The van der Waals surface area contributed by atoms with Crippen LogP contribution in [0, 0.1) is 11.7 Å². The van der Waals surface area contributed by atoms with E-state index in [2.05, 4.69) is 10.6 Å². The van der Waals surface area contributed by atoms with Crippen LogP contribution in [0.15, 0.2) is 18.2 Å². The van der Waals surface area contributed by atoms with E-state index in [0.717, 1.165) is 0 Å². The molecule has 1 aromatic rings. The minimum absolute atomic E-state index is 0.00708. The molecule has 6 heteroatoms. The summed E-state index contributed by atoms with van der Waals surface area (Å²) >= 11 is 0. The number of hydrogen-bond acceptors (Lipinski definition) is 3. The zero-order chi connectivity index (χ0) is 14.6. The van der Waals surface area contributed by atoms with Crippen molar-refractivity contribution in [2.24, 2.45) is 11.7 Å². The van der Waals surface area contributed by atoms with E-state index < -0.39 is 17.8 Å². The minimum Gasteiger partial charge on any atom is -0.326 e. The molecule has 104 valence electrons. The van der Waals surface area contributed by atoms with E-state index in [0.29, 0.717) is 5.69 Å². The van der Waals surface area contributed by atoms with Crippen LogP contribution in [0.2, 0.25) is 0 Å². The molecular weight excluding hydrogens is 249 g/mol. The SMILES string of the molecule is CC(=O)Nc1ccc(F)c(NC(=O)[C@H](N)C(C)C)c1. The Kier molecular flexibility index (Phi) is 5.00. The molecule has 2 amide bonds. The van der Waals surface area contributed by atoms with Gasteiger partial charge in [-0.15, -0.1) is 0 Å². The quantitative estimate of drug-likeness (QED) is 0.776. The van der Waals surface area contributed by atoms with E-state index in [9.17, 15) is 14.0 Å². The minimum atomic E-state index is -0.719. The van der Waals surface area contributed by atoms with Gasteiger partial charge in [0.15, 0.2) is 0 Å². The Hall–Kier alpha value is -1.95. The molecule has 19 heavy (non-hydrogen) atoms. The molecule has 0 heterocycles. The molecule has 1 atom stereocenters. The highest BCUT2D eigenvalue weighted by molar-refractivity contribution is 5.96. The van der Waals surface area contributed by atoms with E-state index >= 15 is 0 Å². The van der Waals surface area contributed by atoms with Gasteiger partial charge in [-0.3, -0.25) is 9.59 Å². The van der Waals surface area contributed by atoms with Crippen LogP contribution in [0.25, 0.3) is 0 Å². The van der Waals surface area contributed by atoms with Gasteiger partial charge in [0, 0.05) is 12.6 Å². The molecular formula is C13H18FN3O2. The van der Waals surface area contributed by atoms with E-state index in [1.165, 1.54) is 25.1 Å². The van der Waals surface area contributed by atoms with Gasteiger partial charge in [0.05, 0.1) is 11.7 Å². The molecule has 0 saturated carbocycles. The number of carbonyl (C=O) groups excluding carboxylic acids is 2. The van der Waals surface area contributed by atoms with Gasteiger partial charge in [0.2, 0.25) is 11.8 Å². The van der Waals surface area contributed by atoms with Crippen LogP contribution in [0.1, 0.15) is 20.8 Å². The first-order chi connectivity index (χ1) is 8.81. The number of rotatable bonds is 4. The molecule has 0 fully saturated rings. The second kappa shape index (κ2) is 6.29. The maximum atomic E-state index is 13.6. The number of nitrogens with one attached hydrogen (secondary N) is 2. The molecule has 0 spiro atoms. The number of halogens is 1. The van der Waals surface area contributed by atoms with E-state index in [-0.39, 0.29) is 17.5 Å². The summed E-state index contributed by atoms with van der Waals surface area (Å²) in [5, 5.41) is 4.92. The topological polar surface area (TPSA) is 84.2 Å². The Balaban J connectivity index is 2.88. The molecule has 0 aliphatic carbocycles. The first-order valence-corrected chi connectivity index (χ1v) is 5.95. The molecule has 0 radical (unpaired) electrons. The van der Waals surface area contributed by atoms with Crippen molar-refractivity contribution in [3.63, 3.8) is 0 Å². The summed E-state index contributed by atoms with van der Waals surface area (Å²) in [6, 6.07) is 3.21. The van der Waals surface area contributed by atoms with Crippen LogP contribution in [-0.4, -0.2) is 17.9 Å². The third-order valence-corrected chi connectivity index (χ3v) is 2.57. The largest absolute Gasteiger partial charge is 0.326 e. The molecule has 1 aromatic carbocycles. The molecule has 5 nitrogen and oxygen atoms in total. The fourth-order valence-electron chi connectivity index (χ4n) is 1.42. The maximum absolute atomic E-state index is 13.6. The average Bonchev–Trinajstić information content (AvgIpc) is 2.31. The first-order valence-electron chi connectivity index (χ1n) is 5.95. The molecule has 0 bridgehead atoms. The van der Waals surface area contributed by atoms with Gasteiger partial charge in [-0.05, 0) is 24.1 Å². The summed E-state index contributed by atoms with van der Waals surface area (Å²) in [4.78, 5) is 22.7. The van der Waals surface area contributed by atoms with Gasteiger partial charge in [-0.1, -0.05) is 13.8 Å². The lowest BCUT2D eigenvalue weighted by atomic mass is 10.0. The lowest BCUT2D eigenvalue weighted by molar-refractivity contribution is -0.118. The van der Waals surface area contributed by atoms with Crippen LogP contribution in [0.3, 0.4) is 0 Å². The van der Waals surface area contributed by atoms with Crippen molar-refractivity contribution < 1.29 is 14.0 Å². The summed E-state index contributed by atoms with van der Waals surface area (Å²) in [5.74, 6) is -1.38. The van der Waals surface area contributed by atoms with Crippen molar-refractivity contribution in [1.29, 1.82) is 0 Å². The zero-order valence-electron chi connectivity index (χ0n) is 11.2. The van der Waals surface area contributed by atoms with Crippen LogP contribution >= 0.6 is 0 Å². The maximum Gasteiger partial charge on any atom is 0.241 e. The summed E-state index contributed by atoms with van der Waals surface area (Å²) in [7, 11) is 0. The van der Waals surface area contributed by atoms with E-state index in [1.807, 2.05) is 0 Å². The second-order valence-corrected chi connectivity index (χ2v) is 4.63. The highest BCUT2D eigenvalue weighted by atomic mass is 19.1. The molecule has 0 unspecified atom stereocenters. The molecule has 4 N–H and O–H groups in total.